The van der Waals surface area contributed by atoms with E-state index in [1.165, 1.54) is 18.2 Å². The number of aliphatic hydroxyl groups excluding tert-OH is 2. The van der Waals surface area contributed by atoms with Crippen LogP contribution in [0.2, 0.25) is 0 Å². The first-order chi connectivity index (χ1) is 10.8. The molecule has 1 aromatic heterocycles. The fourth-order valence-electron chi connectivity index (χ4n) is 2.79. The maximum Gasteiger partial charge on any atom is 0.416 e. The molecular weight excluding hydrogens is 309 g/mol. The number of aliphatic hydroxyl groups is 2. The van der Waals surface area contributed by atoms with E-state index in [-0.39, 0.29) is 22.9 Å². The van der Waals surface area contributed by atoms with Crippen LogP contribution in [0.25, 0.3) is 11.3 Å². The number of benzene rings is 1. The summed E-state index contributed by atoms with van der Waals surface area (Å²) in [4.78, 5) is 0. The first-order valence-corrected chi connectivity index (χ1v) is 7.18. The number of hydrogen-bond donors (Lipinski definition) is 2. The van der Waals surface area contributed by atoms with Crippen LogP contribution in [0, 0.1) is 5.92 Å². The van der Waals surface area contributed by atoms with Gasteiger partial charge in [-0.3, -0.25) is 0 Å². The van der Waals surface area contributed by atoms with Crippen LogP contribution < -0.4 is 0 Å². The molecule has 0 saturated carbocycles. The summed E-state index contributed by atoms with van der Waals surface area (Å²) in [5.41, 5.74) is 0.416. The highest BCUT2D eigenvalue weighted by atomic mass is 19.4. The van der Waals surface area contributed by atoms with Crippen molar-refractivity contribution in [1.29, 1.82) is 0 Å². The van der Waals surface area contributed by atoms with Crippen molar-refractivity contribution < 1.29 is 23.4 Å². The van der Waals surface area contributed by atoms with E-state index in [1.807, 2.05) is 0 Å². The average Bonchev–Trinajstić information content (AvgIpc) is 2.51. The molecule has 3 atom stereocenters. The van der Waals surface area contributed by atoms with E-state index in [2.05, 4.69) is 10.2 Å². The molecule has 1 aromatic carbocycles. The van der Waals surface area contributed by atoms with E-state index in [9.17, 15) is 23.4 Å². The number of halogens is 3. The zero-order valence-electron chi connectivity index (χ0n) is 12.2. The second kappa shape index (κ2) is 5.58. The van der Waals surface area contributed by atoms with Crippen LogP contribution >= 0.6 is 0 Å². The lowest BCUT2D eigenvalue weighted by Crippen LogP contribution is -2.23. The van der Waals surface area contributed by atoms with Gasteiger partial charge in [0.05, 0.1) is 23.1 Å². The Balaban J connectivity index is 2.05. The quantitative estimate of drug-likeness (QED) is 0.845. The summed E-state index contributed by atoms with van der Waals surface area (Å²) in [6, 6.07) is 6.27. The van der Waals surface area contributed by atoms with Crippen LogP contribution in [0.1, 0.15) is 42.4 Å². The van der Waals surface area contributed by atoms with Gasteiger partial charge in [-0.25, -0.2) is 0 Å². The maximum absolute atomic E-state index is 12.8. The third-order valence-corrected chi connectivity index (χ3v) is 4.11. The molecule has 1 aliphatic carbocycles. The van der Waals surface area contributed by atoms with E-state index in [0.717, 1.165) is 12.1 Å². The molecule has 0 bridgehead atoms. The molecule has 0 fully saturated rings. The smallest absolute Gasteiger partial charge is 0.388 e. The number of nitrogens with zero attached hydrogens (tertiary/aromatic N) is 2. The highest BCUT2D eigenvalue weighted by Crippen LogP contribution is 2.39. The predicted octanol–water partition coefficient (Wildman–Crippen LogP) is 3.27. The van der Waals surface area contributed by atoms with Crippen molar-refractivity contribution in [3.05, 3.63) is 47.2 Å². The molecule has 1 aliphatic rings. The van der Waals surface area contributed by atoms with Crippen molar-refractivity contribution in [3.8, 4) is 11.3 Å². The molecular formula is C16H15F3N2O2. The first kappa shape index (κ1) is 15.9. The minimum Gasteiger partial charge on any atom is -0.388 e. The summed E-state index contributed by atoms with van der Waals surface area (Å²) in [6.45, 7) is 1.79. The van der Waals surface area contributed by atoms with Gasteiger partial charge in [-0.15, -0.1) is 0 Å². The monoisotopic (exact) mass is 324 g/mol. The van der Waals surface area contributed by atoms with E-state index in [1.54, 1.807) is 6.92 Å². The maximum atomic E-state index is 12.8. The van der Waals surface area contributed by atoms with Gasteiger partial charge < -0.3 is 10.2 Å². The van der Waals surface area contributed by atoms with Crippen molar-refractivity contribution in [3.63, 3.8) is 0 Å². The van der Waals surface area contributed by atoms with Crippen molar-refractivity contribution in [1.82, 2.24) is 10.2 Å². The Morgan fingerprint density at radius 2 is 1.87 bits per heavy atom. The zero-order valence-corrected chi connectivity index (χ0v) is 12.2. The van der Waals surface area contributed by atoms with Crippen LogP contribution in [0.5, 0.6) is 0 Å². The van der Waals surface area contributed by atoms with Crippen molar-refractivity contribution in [2.24, 2.45) is 5.92 Å². The molecule has 0 amide bonds. The Kier molecular flexibility index (Phi) is 3.85. The number of aromatic nitrogens is 2. The van der Waals surface area contributed by atoms with Crippen LogP contribution in [0.4, 0.5) is 13.2 Å². The van der Waals surface area contributed by atoms with Crippen molar-refractivity contribution in [2.45, 2.75) is 31.7 Å². The van der Waals surface area contributed by atoms with Crippen LogP contribution in [0.3, 0.4) is 0 Å². The van der Waals surface area contributed by atoms with Gasteiger partial charge in [-0.05, 0) is 30.5 Å². The van der Waals surface area contributed by atoms with Crippen molar-refractivity contribution >= 4 is 0 Å². The highest BCUT2D eigenvalue weighted by Gasteiger charge is 2.33. The van der Waals surface area contributed by atoms with Gasteiger partial charge >= 0.3 is 6.18 Å². The molecule has 7 heteroatoms. The molecule has 0 spiro atoms. The molecule has 2 N–H and O–H groups in total. The summed E-state index contributed by atoms with van der Waals surface area (Å²) in [5.74, 6) is -0.161. The van der Waals surface area contributed by atoms with E-state index < -0.39 is 23.9 Å². The summed E-state index contributed by atoms with van der Waals surface area (Å²) in [5, 5.41) is 28.1. The largest absolute Gasteiger partial charge is 0.416 e. The predicted molar refractivity (Wildman–Crippen MR) is 76.2 cm³/mol. The summed E-state index contributed by atoms with van der Waals surface area (Å²) in [6.07, 6.45) is -5.73. The molecule has 3 unspecified atom stereocenters. The number of hydrogen-bond acceptors (Lipinski definition) is 4. The summed E-state index contributed by atoms with van der Waals surface area (Å²) in [7, 11) is 0. The second-order valence-electron chi connectivity index (χ2n) is 5.82. The number of fused-ring (bicyclic) bond motifs is 1. The topological polar surface area (TPSA) is 66.2 Å². The summed E-state index contributed by atoms with van der Waals surface area (Å²) >= 11 is 0. The van der Waals surface area contributed by atoms with Gasteiger partial charge in [0, 0.05) is 11.1 Å². The van der Waals surface area contributed by atoms with Gasteiger partial charge in [-0.1, -0.05) is 19.1 Å². The zero-order chi connectivity index (χ0) is 16.8. The SMILES string of the molecule is CC1CC(O)c2cc(-c3cccc(C(F)(F)F)c3)nnc2C1O. The first-order valence-electron chi connectivity index (χ1n) is 7.18. The third-order valence-electron chi connectivity index (χ3n) is 4.11. The Morgan fingerprint density at radius 3 is 2.57 bits per heavy atom. The lowest BCUT2D eigenvalue weighted by Gasteiger charge is -2.29. The molecule has 0 aliphatic heterocycles. The molecule has 4 nitrogen and oxygen atoms in total. The molecule has 0 saturated heterocycles. The standard InChI is InChI=1S/C16H15F3N2O2/c1-8-5-13(22)11-7-12(20-21-14(11)15(8)23)9-3-2-4-10(6-9)16(17,18)19/h2-4,6-8,13,15,22-23H,5H2,1H3. The molecule has 3 rings (SSSR count). The third kappa shape index (κ3) is 2.94. The number of alkyl halides is 3. The summed E-state index contributed by atoms with van der Waals surface area (Å²) < 4.78 is 38.4. The number of rotatable bonds is 1. The van der Waals surface area contributed by atoms with Gasteiger partial charge in [0.2, 0.25) is 0 Å². The van der Waals surface area contributed by atoms with Gasteiger partial charge in [0.25, 0.3) is 0 Å². The van der Waals surface area contributed by atoms with Crippen molar-refractivity contribution in [2.75, 3.05) is 0 Å². The van der Waals surface area contributed by atoms with Crippen LogP contribution in [-0.4, -0.2) is 20.4 Å². The van der Waals surface area contributed by atoms with Crippen LogP contribution in [0.15, 0.2) is 30.3 Å². The average molecular weight is 324 g/mol. The molecule has 122 valence electrons. The molecule has 1 heterocycles. The lowest BCUT2D eigenvalue weighted by molar-refractivity contribution is -0.137. The molecule has 0 radical (unpaired) electrons. The molecule has 23 heavy (non-hydrogen) atoms. The fourth-order valence-corrected chi connectivity index (χ4v) is 2.79. The van der Waals surface area contributed by atoms with Gasteiger partial charge in [0.1, 0.15) is 6.10 Å². The molecule has 2 aromatic rings. The minimum atomic E-state index is -4.44. The normalized spacial score (nSPS) is 24.3. The second-order valence-corrected chi connectivity index (χ2v) is 5.82. The van der Waals surface area contributed by atoms with Crippen LogP contribution in [-0.2, 0) is 6.18 Å². The Bertz CT molecular complexity index is 734. The minimum absolute atomic E-state index is 0.161. The van der Waals surface area contributed by atoms with Gasteiger partial charge in [0.15, 0.2) is 0 Å². The fraction of sp³-hybridized carbons (Fsp3) is 0.375. The lowest BCUT2D eigenvalue weighted by atomic mass is 9.83. The van der Waals surface area contributed by atoms with E-state index >= 15 is 0 Å². The Hall–Kier alpha value is -1.99. The highest BCUT2D eigenvalue weighted by molar-refractivity contribution is 5.61. The Labute approximate surface area is 130 Å². The van der Waals surface area contributed by atoms with Gasteiger partial charge in [-0.2, -0.15) is 23.4 Å². The Morgan fingerprint density at radius 1 is 1.13 bits per heavy atom. The van der Waals surface area contributed by atoms with E-state index in [4.69, 9.17) is 0 Å². The van der Waals surface area contributed by atoms with E-state index in [0.29, 0.717) is 12.0 Å².